The average molecular weight is 242 g/mol. The largest absolute Gasteiger partial charge is 0.481 e. The maximum Gasteiger partial charge on any atom is 0.309 e. The fourth-order valence-corrected chi connectivity index (χ4v) is 2.47. The van der Waals surface area contributed by atoms with Crippen LogP contribution in [0.4, 0.5) is 0 Å². The Kier molecular flexibility index (Phi) is 4.59. The Hall–Kier alpha value is -0.570. The van der Waals surface area contributed by atoms with E-state index in [0.29, 0.717) is 18.4 Å². The van der Waals surface area contributed by atoms with E-state index in [9.17, 15) is 9.90 Å². The summed E-state index contributed by atoms with van der Waals surface area (Å²) in [6.45, 7) is 8.98. The van der Waals surface area contributed by atoms with Crippen molar-refractivity contribution < 1.29 is 14.6 Å². The molecule has 0 bridgehead atoms. The lowest BCUT2D eigenvalue weighted by atomic mass is 9.64. The standard InChI is InChI=1S/C14H26O3/c1-11(2)17-10-9-14(12(15)16)7-5-13(3,4)6-8-14/h11H,5-10H2,1-4H3,(H,15,16). The molecule has 1 aliphatic carbocycles. The molecule has 3 nitrogen and oxygen atoms in total. The van der Waals surface area contributed by atoms with E-state index in [0.717, 1.165) is 25.7 Å². The molecule has 1 fully saturated rings. The second-order valence-electron chi connectivity index (χ2n) is 6.42. The van der Waals surface area contributed by atoms with Gasteiger partial charge in [0.2, 0.25) is 0 Å². The molecule has 1 saturated carbocycles. The van der Waals surface area contributed by atoms with Crippen molar-refractivity contribution in [2.75, 3.05) is 6.61 Å². The summed E-state index contributed by atoms with van der Waals surface area (Å²) in [6, 6.07) is 0. The number of hydrogen-bond acceptors (Lipinski definition) is 2. The molecule has 0 aromatic rings. The second-order valence-corrected chi connectivity index (χ2v) is 6.42. The summed E-state index contributed by atoms with van der Waals surface area (Å²) in [6.07, 6.45) is 4.41. The van der Waals surface area contributed by atoms with Crippen molar-refractivity contribution >= 4 is 5.97 Å². The van der Waals surface area contributed by atoms with Crippen LogP contribution in [0.15, 0.2) is 0 Å². The van der Waals surface area contributed by atoms with Gasteiger partial charge in [0, 0.05) is 6.61 Å². The van der Waals surface area contributed by atoms with Crippen molar-refractivity contribution in [1.82, 2.24) is 0 Å². The van der Waals surface area contributed by atoms with Gasteiger partial charge >= 0.3 is 5.97 Å². The Balaban J connectivity index is 2.56. The molecule has 0 saturated heterocycles. The molecule has 0 radical (unpaired) electrons. The average Bonchev–Trinajstić information content (AvgIpc) is 2.20. The molecule has 17 heavy (non-hydrogen) atoms. The van der Waals surface area contributed by atoms with Crippen LogP contribution in [0, 0.1) is 10.8 Å². The van der Waals surface area contributed by atoms with Gasteiger partial charge < -0.3 is 9.84 Å². The van der Waals surface area contributed by atoms with E-state index in [1.165, 1.54) is 0 Å². The minimum absolute atomic E-state index is 0.181. The van der Waals surface area contributed by atoms with Gasteiger partial charge in [-0.3, -0.25) is 4.79 Å². The van der Waals surface area contributed by atoms with Crippen molar-refractivity contribution in [3.63, 3.8) is 0 Å². The van der Waals surface area contributed by atoms with Crippen LogP contribution >= 0.6 is 0 Å². The van der Waals surface area contributed by atoms with E-state index in [4.69, 9.17) is 4.74 Å². The van der Waals surface area contributed by atoms with Gasteiger partial charge in [-0.15, -0.1) is 0 Å². The number of rotatable bonds is 5. The number of carboxylic acid groups (broad SMARTS) is 1. The zero-order valence-electron chi connectivity index (χ0n) is 11.6. The van der Waals surface area contributed by atoms with Crippen LogP contribution in [-0.2, 0) is 9.53 Å². The van der Waals surface area contributed by atoms with Gasteiger partial charge in [-0.25, -0.2) is 0 Å². The summed E-state index contributed by atoms with van der Waals surface area (Å²) in [7, 11) is 0. The highest BCUT2D eigenvalue weighted by molar-refractivity contribution is 5.74. The maximum atomic E-state index is 11.5. The maximum absolute atomic E-state index is 11.5. The first-order valence-electron chi connectivity index (χ1n) is 6.62. The Morgan fingerprint density at radius 3 is 2.18 bits per heavy atom. The Bertz CT molecular complexity index is 259. The predicted octanol–water partition coefficient (Wildman–Crippen LogP) is 3.47. The highest BCUT2D eigenvalue weighted by Crippen LogP contribution is 2.47. The number of carbonyl (C=O) groups is 1. The molecule has 100 valence electrons. The van der Waals surface area contributed by atoms with Gasteiger partial charge in [-0.2, -0.15) is 0 Å². The predicted molar refractivity (Wildman–Crippen MR) is 68.0 cm³/mol. The number of aliphatic carboxylic acids is 1. The van der Waals surface area contributed by atoms with Crippen LogP contribution in [-0.4, -0.2) is 23.8 Å². The fourth-order valence-electron chi connectivity index (χ4n) is 2.47. The van der Waals surface area contributed by atoms with E-state index < -0.39 is 11.4 Å². The Morgan fingerprint density at radius 2 is 1.76 bits per heavy atom. The van der Waals surface area contributed by atoms with Crippen LogP contribution in [0.5, 0.6) is 0 Å². The van der Waals surface area contributed by atoms with Crippen molar-refractivity contribution in [2.45, 2.75) is 65.9 Å². The van der Waals surface area contributed by atoms with Crippen LogP contribution < -0.4 is 0 Å². The smallest absolute Gasteiger partial charge is 0.309 e. The summed E-state index contributed by atoms with van der Waals surface area (Å²) >= 11 is 0. The van der Waals surface area contributed by atoms with Gasteiger partial charge in [0.05, 0.1) is 11.5 Å². The van der Waals surface area contributed by atoms with E-state index in [2.05, 4.69) is 13.8 Å². The van der Waals surface area contributed by atoms with E-state index in [1.807, 2.05) is 13.8 Å². The number of ether oxygens (including phenoxy) is 1. The van der Waals surface area contributed by atoms with Gasteiger partial charge in [0.1, 0.15) is 0 Å². The molecule has 0 amide bonds. The lowest BCUT2D eigenvalue weighted by Gasteiger charge is -2.40. The van der Waals surface area contributed by atoms with Crippen molar-refractivity contribution in [1.29, 1.82) is 0 Å². The lowest BCUT2D eigenvalue weighted by Crippen LogP contribution is -2.38. The first-order valence-corrected chi connectivity index (χ1v) is 6.62. The monoisotopic (exact) mass is 242 g/mol. The zero-order chi connectivity index (χ0) is 13.1. The molecule has 1 aliphatic rings. The topological polar surface area (TPSA) is 46.5 Å². The lowest BCUT2D eigenvalue weighted by molar-refractivity contribution is -0.154. The molecular weight excluding hydrogens is 216 g/mol. The highest BCUT2D eigenvalue weighted by Gasteiger charge is 2.43. The third kappa shape index (κ3) is 3.98. The number of hydrogen-bond donors (Lipinski definition) is 1. The first kappa shape index (κ1) is 14.5. The molecule has 0 spiro atoms. The molecule has 0 unspecified atom stereocenters. The molecule has 0 aromatic carbocycles. The first-order chi connectivity index (χ1) is 7.77. The van der Waals surface area contributed by atoms with Crippen molar-refractivity contribution in [2.24, 2.45) is 10.8 Å². The fraction of sp³-hybridized carbons (Fsp3) is 0.929. The third-order valence-electron chi connectivity index (χ3n) is 4.05. The minimum Gasteiger partial charge on any atom is -0.481 e. The molecule has 1 rings (SSSR count). The summed E-state index contributed by atoms with van der Waals surface area (Å²) in [4.78, 5) is 11.5. The summed E-state index contributed by atoms with van der Waals surface area (Å²) in [5.74, 6) is -0.639. The van der Waals surface area contributed by atoms with Crippen LogP contribution in [0.2, 0.25) is 0 Å². The third-order valence-corrected chi connectivity index (χ3v) is 4.05. The molecule has 0 aliphatic heterocycles. The minimum atomic E-state index is -0.639. The summed E-state index contributed by atoms with van der Waals surface area (Å²) in [5.41, 5.74) is -0.234. The molecule has 0 atom stereocenters. The molecule has 3 heteroatoms. The van der Waals surface area contributed by atoms with E-state index in [1.54, 1.807) is 0 Å². The SMILES string of the molecule is CC(C)OCCC1(C(=O)O)CCC(C)(C)CC1. The highest BCUT2D eigenvalue weighted by atomic mass is 16.5. The normalized spacial score (nSPS) is 22.6. The molecular formula is C14H26O3. The van der Waals surface area contributed by atoms with Gasteiger partial charge in [-0.1, -0.05) is 13.8 Å². The van der Waals surface area contributed by atoms with Gasteiger partial charge in [0.15, 0.2) is 0 Å². The van der Waals surface area contributed by atoms with Crippen LogP contribution in [0.1, 0.15) is 59.8 Å². The quantitative estimate of drug-likeness (QED) is 0.803. The van der Waals surface area contributed by atoms with Gasteiger partial charge in [-0.05, 0) is 51.4 Å². The van der Waals surface area contributed by atoms with Crippen molar-refractivity contribution in [3.05, 3.63) is 0 Å². The van der Waals surface area contributed by atoms with E-state index >= 15 is 0 Å². The molecule has 1 N–H and O–H groups in total. The zero-order valence-corrected chi connectivity index (χ0v) is 11.6. The summed E-state index contributed by atoms with van der Waals surface area (Å²) < 4.78 is 5.51. The van der Waals surface area contributed by atoms with Crippen LogP contribution in [0.3, 0.4) is 0 Å². The molecule has 0 heterocycles. The second kappa shape index (κ2) is 5.38. The Labute approximate surface area is 105 Å². The van der Waals surface area contributed by atoms with Gasteiger partial charge in [0.25, 0.3) is 0 Å². The molecule has 0 aromatic heterocycles. The number of carboxylic acids is 1. The van der Waals surface area contributed by atoms with Crippen molar-refractivity contribution in [3.8, 4) is 0 Å². The van der Waals surface area contributed by atoms with Crippen LogP contribution in [0.25, 0.3) is 0 Å². The summed E-state index contributed by atoms with van der Waals surface area (Å²) in [5, 5.41) is 9.47. The van der Waals surface area contributed by atoms with E-state index in [-0.39, 0.29) is 6.10 Å². The Morgan fingerprint density at radius 1 is 1.24 bits per heavy atom.